The second-order valence-electron chi connectivity index (χ2n) is 3.63. The lowest BCUT2D eigenvalue weighted by molar-refractivity contribution is 0.508. The Kier molecular flexibility index (Phi) is 2.14. The summed E-state index contributed by atoms with van der Waals surface area (Å²) in [5.74, 6) is -1.72. The molecule has 1 aromatic heterocycles. The second kappa shape index (κ2) is 3.66. The number of hydrogen-bond donors (Lipinski definition) is 0. The van der Waals surface area contributed by atoms with Crippen molar-refractivity contribution in [3.05, 3.63) is 60.4 Å². The molecule has 0 fully saturated rings. The van der Waals surface area contributed by atoms with Gasteiger partial charge in [-0.15, -0.1) is 0 Å². The van der Waals surface area contributed by atoms with Gasteiger partial charge in [-0.05, 0) is 30.3 Å². The Hall–Kier alpha value is -2.23. The molecule has 17 heavy (non-hydrogen) atoms. The second-order valence-corrected chi connectivity index (χ2v) is 3.63. The number of aromatic nitrogens is 2. The monoisotopic (exact) mass is 229 g/mol. The van der Waals surface area contributed by atoms with Crippen molar-refractivity contribution in [1.29, 1.82) is 0 Å². The molecule has 1 radical (unpaired) electrons. The molecule has 3 aromatic rings. The van der Waals surface area contributed by atoms with E-state index in [0.717, 1.165) is 23.2 Å². The first-order valence-corrected chi connectivity index (χ1v) is 5.04. The van der Waals surface area contributed by atoms with E-state index in [2.05, 4.69) is 11.1 Å². The van der Waals surface area contributed by atoms with E-state index in [0.29, 0.717) is 5.69 Å². The Morgan fingerprint density at radius 3 is 2.82 bits per heavy atom. The van der Waals surface area contributed by atoms with Gasteiger partial charge in [-0.2, -0.15) is 0 Å². The summed E-state index contributed by atoms with van der Waals surface area (Å²) in [5, 5.41) is 0. The number of halogens is 2. The van der Waals surface area contributed by atoms with Crippen LogP contribution in [0.25, 0.3) is 16.7 Å². The molecule has 0 bridgehead atoms. The van der Waals surface area contributed by atoms with E-state index < -0.39 is 11.6 Å². The predicted molar refractivity (Wildman–Crippen MR) is 59.8 cm³/mol. The lowest BCUT2D eigenvalue weighted by atomic mass is 10.2. The van der Waals surface area contributed by atoms with Crippen molar-refractivity contribution in [2.45, 2.75) is 0 Å². The Bertz CT molecular complexity index is 689. The fraction of sp³-hybridized carbons (Fsp3) is 0. The van der Waals surface area contributed by atoms with Crippen molar-refractivity contribution in [3.8, 4) is 5.69 Å². The van der Waals surface area contributed by atoms with Crippen molar-refractivity contribution in [2.24, 2.45) is 0 Å². The summed E-state index contributed by atoms with van der Waals surface area (Å²) in [6.07, 6.45) is 1.57. The summed E-state index contributed by atoms with van der Waals surface area (Å²) in [6, 6.07) is 12.0. The molecular weight excluding hydrogens is 222 g/mol. The highest BCUT2D eigenvalue weighted by Crippen LogP contribution is 2.19. The van der Waals surface area contributed by atoms with Crippen molar-refractivity contribution >= 4 is 11.0 Å². The third-order valence-electron chi connectivity index (χ3n) is 2.57. The molecule has 0 N–H and O–H groups in total. The molecule has 0 aliphatic heterocycles. The maximum Gasteiger partial charge on any atom is 0.160 e. The van der Waals surface area contributed by atoms with Crippen LogP contribution in [0.2, 0.25) is 0 Å². The molecule has 3 rings (SSSR count). The Balaban J connectivity index is 2.24. The van der Waals surface area contributed by atoms with E-state index in [-0.39, 0.29) is 0 Å². The lowest BCUT2D eigenvalue weighted by Gasteiger charge is -2.04. The minimum absolute atomic E-state index is 0.539. The van der Waals surface area contributed by atoms with Gasteiger partial charge >= 0.3 is 0 Å². The van der Waals surface area contributed by atoms with Crippen molar-refractivity contribution < 1.29 is 8.78 Å². The van der Waals surface area contributed by atoms with Crippen molar-refractivity contribution in [1.82, 2.24) is 9.55 Å². The number of hydrogen-bond acceptors (Lipinski definition) is 1. The molecule has 0 aliphatic rings. The van der Waals surface area contributed by atoms with Gasteiger partial charge in [-0.25, -0.2) is 13.8 Å². The van der Waals surface area contributed by atoms with Gasteiger partial charge in [0.1, 0.15) is 6.33 Å². The van der Waals surface area contributed by atoms with Gasteiger partial charge in [0.05, 0.1) is 16.7 Å². The van der Waals surface area contributed by atoms with Crippen molar-refractivity contribution in [2.75, 3.05) is 0 Å². The van der Waals surface area contributed by atoms with Crippen LogP contribution in [0.5, 0.6) is 0 Å². The molecule has 0 saturated heterocycles. The third kappa shape index (κ3) is 1.58. The fourth-order valence-electron chi connectivity index (χ4n) is 1.74. The Labute approximate surface area is 96.1 Å². The van der Waals surface area contributed by atoms with Crippen LogP contribution in [0.15, 0.2) is 42.7 Å². The fourth-order valence-corrected chi connectivity index (χ4v) is 1.74. The quantitative estimate of drug-likeness (QED) is 0.627. The van der Waals surface area contributed by atoms with E-state index >= 15 is 0 Å². The van der Waals surface area contributed by atoms with E-state index in [1.54, 1.807) is 23.0 Å². The SMILES string of the molecule is Fc1ccc(-n2cnc3c[c]ccc32)cc1F. The van der Waals surface area contributed by atoms with Gasteiger partial charge < -0.3 is 0 Å². The summed E-state index contributed by atoms with van der Waals surface area (Å²) in [7, 11) is 0. The lowest BCUT2D eigenvalue weighted by Crippen LogP contribution is -1.94. The number of imidazole rings is 1. The first-order valence-electron chi connectivity index (χ1n) is 5.04. The maximum absolute atomic E-state index is 13.2. The van der Waals surface area contributed by atoms with Gasteiger partial charge in [0.15, 0.2) is 11.6 Å². The van der Waals surface area contributed by atoms with Gasteiger partial charge in [0.25, 0.3) is 0 Å². The molecule has 1 heterocycles. The molecule has 83 valence electrons. The van der Waals surface area contributed by atoms with Crippen LogP contribution >= 0.6 is 0 Å². The van der Waals surface area contributed by atoms with Crippen LogP contribution in [0.1, 0.15) is 0 Å². The zero-order valence-electron chi connectivity index (χ0n) is 8.69. The van der Waals surface area contributed by atoms with E-state index in [9.17, 15) is 8.78 Å². The van der Waals surface area contributed by atoms with Gasteiger partial charge in [0.2, 0.25) is 0 Å². The highest BCUT2D eigenvalue weighted by atomic mass is 19.2. The molecule has 4 heteroatoms. The summed E-state index contributed by atoms with van der Waals surface area (Å²) < 4.78 is 27.7. The topological polar surface area (TPSA) is 17.8 Å². The first-order chi connectivity index (χ1) is 8.25. The number of rotatable bonds is 1. The molecule has 0 aliphatic carbocycles. The van der Waals surface area contributed by atoms with Crippen LogP contribution in [-0.4, -0.2) is 9.55 Å². The number of nitrogens with zero attached hydrogens (tertiary/aromatic N) is 2. The van der Waals surface area contributed by atoms with E-state index in [1.165, 1.54) is 6.07 Å². The zero-order chi connectivity index (χ0) is 11.8. The van der Waals surface area contributed by atoms with Crippen molar-refractivity contribution in [3.63, 3.8) is 0 Å². The third-order valence-corrected chi connectivity index (χ3v) is 2.57. The highest BCUT2D eigenvalue weighted by Gasteiger charge is 2.07. The molecule has 2 nitrogen and oxygen atoms in total. The van der Waals surface area contributed by atoms with Crippen LogP contribution in [0, 0.1) is 17.7 Å². The predicted octanol–water partition coefficient (Wildman–Crippen LogP) is 3.10. The average Bonchev–Trinajstić information content (AvgIpc) is 2.76. The van der Waals surface area contributed by atoms with E-state index in [4.69, 9.17) is 0 Å². The molecular formula is C13H7F2N2. The van der Waals surface area contributed by atoms with Crippen LogP contribution in [0.3, 0.4) is 0 Å². The van der Waals surface area contributed by atoms with Gasteiger partial charge in [0, 0.05) is 6.07 Å². The summed E-state index contributed by atoms with van der Waals surface area (Å²) in [4.78, 5) is 4.16. The van der Waals surface area contributed by atoms with E-state index in [1.807, 2.05) is 6.07 Å². The minimum Gasteiger partial charge on any atom is -0.299 e. The molecule has 0 unspecified atom stereocenters. The average molecular weight is 229 g/mol. The molecule has 2 aromatic carbocycles. The summed E-state index contributed by atoms with van der Waals surface area (Å²) in [5.41, 5.74) is 2.13. The molecule has 0 saturated carbocycles. The van der Waals surface area contributed by atoms with Gasteiger partial charge in [-0.3, -0.25) is 4.57 Å². The minimum atomic E-state index is -0.869. The number of fused-ring (bicyclic) bond motifs is 1. The Morgan fingerprint density at radius 2 is 2.00 bits per heavy atom. The van der Waals surface area contributed by atoms with Crippen LogP contribution in [0.4, 0.5) is 8.78 Å². The zero-order valence-corrected chi connectivity index (χ0v) is 8.69. The highest BCUT2D eigenvalue weighted by molar-refractivity contribution is 5.76. The molecule has 0 amide bonds. The van der Waals surface area contributed by atoms with Crippen LogP contribution < -0.4 is 0 Å². The smallest absolute Gasteiger partial charge is 0.160 e. The number of benzene rings is 2. The summed E-state index contributed by atoms with van der Waals surface area (Å²) in [6.45, 7) is 0. The van der Waals surface area contributed by atoms with Gasteiger partial charge in [-0.1, -0.05) is 6.07 Å². The molecule has 0 atom stereocenters. The molecule has 0 spiro atoms. The standard InChI is InChI=1S/C13H7F2N2/c14-10-6-5-9(7-11(10)15)17-8-16-12-3-1-2-4-13(12)17/h2-8H. The summed E-state index contributed by atoms with van der Waals surface area (Å²) >= 11 is 0. The maximum atomic E-state index is 13.2. The normalized spacial score (nSPS) is 10.9. The Morgan fingerprint density at radius 1 is 1.12 bits per heavy atom. The largest absolute Gasteiger partial charge is 0.299 e. The van der Waals surface area contributed by atoms with Crippen LogP contribution in [-0.2, 0) is 0 Å². The first kappa shape index (κ1) is 9.96.